The molecule has 118 valence electrons. The molecule has 1 amide bonds. The van der Waals surface area contributed by atoms with Crippen molar-refractivity contribution >= 4 is 11.6 Å². The van der Waals surface area contributed by atoms with Crippen LogP contribution < -0.4 is 10.6 Å². The maximum absolute atomic E-state index is 12.1. The number of aromatic nitrogens is 1. The van der Waals surface area contributed by atoms with E-state index in [0.717, 1.165) is 25.1 Å². The predicted octanol–water partition coefficient (Wildman–Crippen LogP) is 1.69. The third kappa shape index (κ3) is 7.06. The molecule has 1 rings (SSSR count). The van der Waals surface area contributed by atoms with Crippen molar-refractivity contribution in [3.05, 3.63) is 24.0 Å². The van der Waals surface area contributed by atoms with Crippen molar-refractivity contribution < 1.29 is 14.3 Å². The van der Waals surface area contributed by atoms with Gasteiger partial charge in [-0.15, -0.1) is 0 Å². The predicted molar refractivity (Wildman–Crippen MR) is 82.7 cm³/mol. The molecule has 0 saturated carbocycles. The van der Waals surface area contributed by atoms with Crippen LogP contribution in [0.3, 0.4) is 0 Å². The van der Waals surface area contributed by atoms with Gasteiger partial charge in [-0.1, -0.05) is 6.92 Å². The Morgan fingerprint density at radius 2 is 2.14 bits per heavy atom. The highest BCUT2D eigenvalue weighted by molar-refractivity contribution is 5.99. The molecule has 0 bridgehead atoms. The normalized spacial score (nSPS) is 10.4. The maximum Gasteiger partial charge on any atom is 0.254 e. The molecule has 1 aromatic rings. The molecule has 6 nitrogen and oxygen atoms in total. The second kappa shape index (κ2) is 11.0. The van der Waals surface area contributed by atoms with Gasteiger partial charge in [0.25, 0.3) is 5.91 Å². The molecule has 0 aliphatic rings. The monoisotopic (exact) mass is 295 g/mol. The van der Waals surface area contributed by atoms with E-state index in [1.165, 1.54) is 0 Å². The molecule has 0 radical (unpaired) electrons. The highest BCUT2D eigenvalue weighted by Crippen LogP contribution is 2.13. The number of carbonyl (C=O) groups excluding carboxylic acids is 1. The summed E-state index contributed by atoms with van der Waals surface area (Å²) in [5, 5.41) is 6.11. The summed E-state index contributed by atoms with van der Waals surface area (Å²) in [4.78, 5) is 16.1. The second-order valence-electron chi connectivity index (χ2n) is 4.56. The number of ether oxygens (including phenoxy) is 2. The van der Waals surface area contributed by atoms with Gasteiger partial charge < -0.3 is 20.1 Å². The maximum atomic E-state index is 12.1. The summed E-state index contributed by atoms with van der Waals surface area (Å²) < 4.78 is 10.2. The highest BCUT2D eigenvalue weighted by Gasteiger charge is 2.10. The second-order valence-corrected chi connectivity index (χ2v) is 4.56. The summed E-state index contributed by atoms with van der Waals surface area (Å²) in [6, 6.07) is 1.82. The summed E-state index contributed by atoms with van der Waals surface area (Å²) in [7, 11) is 1.64. The van der Waals surface area contributed by atoms with E-state index >= 15 is 0 Å². The van der Waals surface area contributed by atoms with E-state index in [1.807, 2.05) is 6.07 Å². The van der Waals surface area contributed by atoms with Crippen LogP contribution in [0, 0.1) is 0 Å². The fourth-order valence-corrected chi connectivity index (χ4v) is 1.70. The molecular formula is C15H25N3O3. The Kier molecular flexibility index (Phi) is 9.15. The minimum Gasteiger partial charge on any atom is -0.384 e. The first kappa shape index (κ1) is 17.4. The lowest BCUT2D eigenvalue weighted by atomic mass is 10.2. The van der Waals surface area contributed by atoms with Crippen LogP contribution in [-0.4, -0.2) is 50.9 Å². The van der Waals surface area contributed by atoms with E-state index < -0.39 is 0 Å². The van der Waals surface area contributed by atoms with E-state index in [4.69, 9.17) is 9.47 Å². The van der Waals surface area contributed by atoms with Crippen LogP contribution in [0.1, 0.15) is 30.1 Å². The number of nitrogens with one attached hydrogen (secondary N) is 2. The van der Waals surface area contributed by atoms with Crippen LogP contribution in [0.15, 0.2) is 18.5 Å². The molecule has 0 atom stereocenters. The largest absolute Gasteiger partial charge is 0.384 e. The Hall–Kier alpha value is -1.66. The van der Waals surface area contributed by atoms with Gasteiger partial charge in [0, 0.05) is 39.2 Å². The van der Waals surface area contributed by atoms with E-state index in [2.05, 4.69) is 22.5 Å². The zero-order valence-corrected chi connectivity index (χ0v) is 12.9. The SMILES string of the molecule is CCCNc1ccncc1C(=O)NCCCOCCOC. The molecule has 0 aliphatic heterocycles. The fourth-order valence-electron chi connectivity index (χ4n) is 1.70. The topological polar surface area (TPSA) is 72.5 Å². The molecular weight excluding hydrogens is 270 g/mol. The molecule has 0 aromatic carbocycles. The number of nitrogens with zero attached hydrogens (tertiary/aromatic N) is 1. The van der Waals surface area contributed by atoms with Crippen molar-refractivity contribution in [1.29, 1.82) is 0 Å². The summed E-state index contributed by atoms with van der Waals surface area (Å²) >= 11 is 0. The minimum atomic E-state index is -0.112. The van der Waals surface area contributed by atoms with E-state index in [-0.39, 0.29) is 5.91 Å². The molecule has 1 heterocycles. The number of carbonyl (C=O) groups is 1. The number of methoxy groups -OCH3 is 1. The van der Waals surface area contributed by atoms with E-state index in [9.17, 15) is 4.79 Å². The van der Waals surface area contributed by atoms with Crippen LogP contribution in [-0.2, 0) is 9.47 Å². The molecule has 21 heavy (non-hydrogen) atoms. The van der Waals surface area contributed by atoms with Gasteiger partial charge in [-0.3, -0.25) is 9.78 Å². The van der Waals surface area contributed by atoms with Crippen LogP contribution >= 0.6 is 0 Å². The fraction of sp³-hybridized carbons (Fsp3) is 0.600. The lowest BCUT2D eigenvalue weighted by Gasteiger charge is -2.11. The Morgan fingerprint density at radius 3 is 2.90 bits per heavy atom. The number of pyridine rings is 1. The van der Waals surface area contributed by atoms with Gasteiger partial charge in [0.1, 0.15) is 0 Å². The smallest absolute Gasteiger partial charge is 0.254 e. The molecule has 0 fully saturated rings. The van der Waals surface area contributed by atoms with Crippen LogP contribution in [0.25, 0.3) is 0 Å². The molecule has 6 heteroatoms. The van der Waals surface area contributed by atoms with Crippen LogP contribution in [0.2, 0.25) is 0 Å². The van der Waals surface area contributed by atoms with Gasteiger partial charge in [0.05, 0.1) is 24.5 Å². The lowest BCUT2D eigenvalue weighted by molar-refractivity contribution is 0.0688. The molecule has 2 N–H and O–H groups in total. The van der Waals surface area contributed by atoms with E-state index in [1.54, 1.807) is 19.5 Å². The van der Waals surface area contributed by atoms with Crippen molar-refractivity contribution in [2.75, 3.05) is 45.3 Å². The summed E-state index contributed by atoms with van der Waals surface area (Å²) in [5.41, 5.74) is 1.40. The average Bonchev–Trinajstić information content (AvgIpc) is 2.52. The van der Waals surface area contributed by atoms with Gasteiger partial charge in [-0.2, -0.15) is 0 Å². The van der Waals surface area contributed by atoms with Gasteiger partial charge in [0.15, 0.2) is 0 Å². The summed E-state index contributed by atoms with van der Waals surface area (Å²) in [6.45, 7) is 5.27. The number of rotatable bonds is 11. The van der Waals surface area contributed by atoms with Crippen molar-refractivity contribution in [2.45, 2.75) is 19.8 Å². The Labute approximate surface area is 126 Å². The van der Waals surface area contributed by atoms with Crippen molar-refractivity contribution in [3.63, 3.8) is 0 Å². The molecule has 0 unspecified atom stereocenters. The third-order valence-electron chi connectivity index (χ3n) is 2.81. The van der Waals surface area contributed by atoms with Crippen LogP contribution in [0.5, 0.6) is 0 Å². The zero-order valence-electron chi connectivity index (χ0n) is 12.9. The Morgan fingerprint density at radius 1 is 1.29 bits per heavy atom. The third-order valence-corrected chi connectivity index (χ3v) is 2.81. The molecule has 1 aromatic heterocycles. The van der Waals surface area contributed by atoms with Crippen molar-refractivity contribution in [3.8, 4) is 0 Å². The number of hydrogen-bond donors (Lipinski definition) is 2. The number of anilines is 1. The van der Waals surface area contributed by atoms with Gasteiger partial charge in [0.2, 0.25) is 0 Å². The van der Waals surface area contributed by atoms with Crippen molar-refractivity contribution in [2.24, 2.45) is 0 Å². The molecule has 0 spiro atoms. The van der Waals surface area contributed by atoms with Crippen LogP contribution in [0.4, 0.5) is 5.69 Å². The first-order chi connectivity index (χ1) is 10.3. The van der Waals surface area contributed by atoms with Gasteiger partial charge in [-0.05, 0) is 18.9 Å². The lowest BCUT2D eigenvalue weighted by Crippen LogP contribution is -2.26. The van der Waals surface area contributed by atoms with Gasteiger partial charge >= 0.3 is 0 Å². The highest BCUT2D eigenvalue weighted by atomic mass is 16.5. The first-order valence-electron chi connectivity index (χ1n) is 7.32. The Balaban J connectivity index is 2.31. The average molecular weight is 295 g/mol. The van der Waals surface area contributed by atoms with E-state index in [0.29, 0.717) is 31.9 Å². The quantitative estimate of drug-likeness (QED) is 0.608. The van der Waals surface area contributed by atoms with Gasteiger partial charge in [-0.25, -0.2) is 0 Å². The standard InChI is InChI=1S/C15H25N3O3/c1-3-6-17-14-5-8-16-12-13(14)15(19)18-7-4-9-21-11-10-20-2/h5,8,12H,3-4,6-7,9-11H2,1-2H3,(H,16,17)(H,18,19). The first-order valence-corrected chi connectivity index (χ1v) is 7.32. The Bertz CT molecular complexity index is 413. The van der Waals surface area contributed by atoms with Crippen molar-refractivity contribution in [1.82, 2.24) is 10.3 Å². The summed E-state index contributed by atoms with van der Waals surface area (Å²) in [5.74, 6) is -0.112. The number of amides is 1. The number of hydrogen-bond acceptors (Lipinski definition) is 5. The minimum absolute atomic E-state index is 0.112. The zero-order chi connectivity index (χ0) is 15.3. The molecule has 0 saturated heterocycles. The summed E-state index contributed by atoms with van der Waals surface area (Å²) in [6.07, 6.45) is 5.04. The molecule has 0 aliphatic carbocycles.